The van der Waals surface area contributed by atoms with Crippen molar-refractivity contribution in [1.29, 1.82) is 0 Å². The van der Waals surface area contributed by atoms with E-state index in [9.17, 15) is 14.7 Å². The summed E-state index contributed by atoms with van der Waals surface area (Å²) in [5, 5.41) is 9.39. The van der Waals surface area contributed by atoms with E-state index in [1.807, 2.05) is 34.6 Å². The molecule has 1 N–H and O–H groups in total. The van der Waals surface area contributed by atoms with Crippen molar-refractivity contribution in [3.8, 4) is 0 Å². The molecule has 4 heteroatoms. The van der Waals surface area contributed by atoms with Crippen molar-refractivity contribution in [2.45, 2.75) is 67.4 Å². The average molecular weight is 298 g/mol. The molecule has 0 saturated heterocycles. The smallest absolute Gasteiger partial charge is 0.335 e. The normalized spacial score (nSPS) is 14.4. The maximum absolute atomic E-state index is 12.5. The van der Waals surface area contributed by atoms with Crippen LogP contribution in [0.1, 0.15) is 61.3 Å². The van der Waals surface area contributed by atoms with Gasteiger partial charge in [-0.15, -0.1) is 0 Å². The van der Waals surface area contributed by atoms with Crippen molar-refractivity contribution in [3.05, 3.63) is 11.1 Å². The first-order valence-corrected chi connectivity index (χ1v) is 7.81. The summed E-state index contributed by atoms with van der Waals surface area (Å²) >= 11 is 0. The number of esters is 1. The van der Waals surface area contributed by atoms with Gasteiger partial charge in [0.2, 0.25) is 0 Å². The van der Waals surface area contributed by atoms with Gasteiger partial charge in [-0.2, -0.15) is 0 Å². The maximum Gasteiger partial charge on any atom is 0.335 e. The lowest BCUT2D eigenvalue weighted by atomic mass is 9.90. The van der Waals surface area contributed by atoms with E-state index in [0.717, 1.165) is 12.8 Å². The molecule has 4 nitrogen and oxygen atoms in total. The Morgan fingerprint density at radius 1 is 0.952 bits per heavy atom. The molecule has 0 aromatic rings. The third-order valence-corrected chi connectivity index (χ3v) is 3.47. The number of carbonyl (C=O) groups excluding carboxylic acids is 1. The summed E-state index contributed by atoms with van der Waals surface area (Å²) in [6, 6.07) is 0. The largest absolute Gasteiger partial charge is 0.478 e. The molecule has 1 unspecified atom stereocenters. The van der Waals surface area contributed by atoms with Crippen LogP contribution in [0.3, 0.4) is 0 Å². The molecule has 0 aromatic carbocycles. The number of hydrogen-bond acceptors (Lipinski definition) is 3. The number of ether oxygens (including phenoxy) is 1. The van der Waals surface area contributed by atoms with Gasteiger partial charge in [-0.25, -0.2) is 9.59 Å². The van der Waals surface area contributed by atoms with E-state index in [4.69, 9.17) is 4.74 Å². The Morgan fingerprint density at radius 2 is 1.43 bits per heavy atom. The van der Waals surface area contributed by atoms with Gasteiger partial charge in [-0.05, 0) is 24.2 Å². The van der Waals surface area contributed by atoms with Crippen molar-refractivity contribution in [2.24, 2.45) is 17.8 Å². The van der Waals surface area contributed by atoms with Crippen LogP contribution in [0.5, 0.6) is 0 Å². The zero-order valence-electron chi connectivity index (χ0n) is 14.4. The number of aliphatic carboxylic acids is 1. The lowest BCUT2D eigenvalue weighted by molar-refractivity contribution is -0.148. The van der Waals surface area contributed by atoms with Crippen molar-refractivity contribution in [1.82, 2.24) is 0 Å². The number of rotatable bonds is 8. The van der Waals surface area contributed by atoms with E-state index < -0.39 is 11.9 Å². The van der Waals surface area contributed by atoms with Crippen LogP contribution in [0.2, 0.25) is 0 Å². The Kier molecular flexibility index (Phi) is 8.30. The molecule has 0 saturated carbocycles. The summed E-state index contributed by atoms with van der Waals surface area (Å²) < 4.78 is 5.60. The summed E-state index contributed by atoms with van der Waals surface area (Å²) in [5.41, 5.74) is 0.452. The number of hydrogen-bond donors (Lipinski definition) is 1. The van der Waals surface area contributed by atoms with Gasteiger partial charge in [-0.1, -0.05) is 54.9 Å². The first-order chi connectivity index (χ1) is 9.63. The lowest BCUT2D eigenvalue weighted by Crippen LogP contribution is -2.28. The highest BCUT2D eigenvalue weighted by molar-refractivity contribution is 6.00. The number of carbonyl (C=O) groups is 2. The minimum Gasteiger partial charge on any atom is -0.478 e. The van der Waals surface area contributed by atoms with Crippen molar-refractivity contribution in [2.75, 3.05) is 0 Å². The van der Waals surface area contributed by atoms with Crippen LogP contribution in [0.15, 0.2) is 11.1 Å². The van der Waals surface area contributed by atoms with Crippen LogP contribution in [0.4, 0.5) is 0 Å². The van der Waals surface area contributed by atoms with Crippen LogP contribution in [-0.4, -0.2) is 23.1 Å². The molecule has 0 aliphatic heterocycles. The fraction of sp³-hybridized carbons (Fsp3) is 0.765. The van der Waals surface area contributed by atoms with Crippen LogP contribution in [-0.2, 0) is 14.3 Å². The quantitative estimate of drug-likeness (QED) is 0.542. The summed E-state index contributed by atoms with van der Waals surface area (Å²) in [5.74, 6) is -1.71. The Hall–Kier alpha value is -1.32. The summed E-state index contributed by atoms with van der Waals surface area (Å²) in [6.07, 6.45) is 1.55. The predicted octanol–water partition coefficient (Wildman–Crippen LogP) is 4.05. The molecule has 0 spiro atoms. The van der Waals surface area contributed by atoms with Gasteiger partial charge in [0.25, 0.3) is 0 Å². The Balaban J connectivity index is 5.53. The molecule has 0 bridgehead atoms. The molecular formula is C17H30O4. The zero-order chi connectivity index (χ0) is 16.7. The van der Waals surface area contributed by atoms with Gasteiger partial charge in [0.15, 0.2) is 0 Å². The van der Waals surface area contributed by atoms with Crippen LogP contribution >= 0.6 is 0 Å². The second-order valence-corrected chi connectivity index (χ2v) is 6.42. The maximum atomic E-state index is 12.5. The topological polar surface area (TPSA) is 63.6 Å². The van der Waals surface area contributed by atoms with Crippen LogP contribution < -0.4 is 0 Å². The fourth-order valence-corrected chi connectivity index (χ4v) is 2.34. The summed E-state index contributed by atoms with van der Waals surface area (Å²) in [7, 11) is 0. The van der Waals surface area contributed by atoms with Crippen LogP contribution in [0.25, 0.3) is 0 Å². The number of carboxylic acids is 1. The van der Waals surface area contributed by atoms with Crippen molar-refractivity contribution in [3.63, 3.8) is 0 Å². The molecule has 0 heterocycles. The highest BCUT2D eigenvalue weighted by atomic mass is 16.5. The van der Waals surface area contributed by atoms with E-state index in [1.54, 1.807) is 13.8 Å². The second kappa shape index (κ2) is 8.85. The number of carboxylic acid groups (broad SMARTS) is 1. The Morgan fingerprint density at radius 3 is 1.71 bits per heavy atom. The minimum absolute atomic E-state index is 0.161. The second-order valence-electron chi connectivity index (χ2n) is 6.42. The van der Waals surface area contributed by atoms with Crippen molar-refractivity contribution >= 4 is 11.9 Å². The molecule has 0 aliphatic carbocycles. The zero-order valence-corrected chi connectivity index (χ0v) is 14.4. The molecule has 1 atom stereocenters. The Labute approximate surface area is 128 Å². The summed E-state index contributed by atoms with van der Waals surface area (Å²) in [6.45, 7) is 13.3. The highest BCUT2D eigenvalue weighted by Crippen LogP contribution is 2.25. The van der Waals surface area contributed by atoms with Gasteiger partial charge in [-0.3, -0.25) is 0 Å². The van der Waals surface area contributed by atoms with Gasteiger partial charge < -0.3 is 9.84 Å². The van der Waals surface area contributed by atoms with E-state index in [1.165, 1.54) is 0 Å². The first-order valence-electron chi connectivity index (χ1n) is 7.81. The molecule has 0 aliphatic rings. The van der Waals surface area contributed by atoms with E-state index in [0.29, 0.717) is 5.57 Å². The summed E-state index contributed by atoms with van der Waals surface area (Å²) in [4.78, 5) is 24.0. The molecule has 0 radical (unpaired) electrons. The van der Waals surface area contributed by atoms with E-state index >= 15 is 0 Å². The monoisotopic (exact) mass is 298 g/mol. The fourth-order valence-electron chi connectivity index (χ4n) is 2.34. The minimum atomic E-state index is -1.04. The third kappa shape index (κ3) is 5.90. The molecule has 122 valence electrons. The van der Waals surface area contributed by atoms with Gasteiger partial charge in [0.05, 0.1) is 11.1 Å². The predicted molar refractivity (Wildman–Crippen MR) is 84.0 cm³/mol. The third-order valence-electron chi connectivity index (χ3n) is 3.47. The molecule has 0 rings (SSSR count). The van der Waals surface area contributed by atoms with Gasteiger partial charge >= 0.3 is 11.9 Å². The standard InChI is InChI=1S/C17H30O4/c1-8-9-13(10(2)3)21-17(20)15(12(6)7)14(11(4)5)16(18)19/h10-13H,8-9H2,1-7H3,(H,18,19)/b15-14-. The van der Waals surface area contributed by atoms with Gasteiger partial charge in [0, 0.05) is 0 Å². The molecule has 21 heavy (non-hydrogen) atoms. The van der Waals surface area contributed by atoms with Crippen molar-refractivity contribution < 1.29 is 19.4 Å². The van der Waals surface area contributed by atoms with E-state index in [2.05, 4.69) is 0 Å². The van der Waals surface area contributed by atoms with Crippen LogP contribution in [0, 0.1) is 17.8 Å². The molecule has 0 aromatic heterocycles. The lowest BCUT2D eigenvalue weighted by Gasteiger charge is -2.24. The molecule has 0 fully saturated rings. The van der Waals surface area contributed by atoms with Gasteiger partial charge in [0.1, 0.15) is 6.10 Å². The molecular weight excluding hydrogens is 268 g/mol. The average Bonchev–Trinajstić information content (AvgIpc) is 2.33. The Bertz CT molecular complexity index is 392. The van der Waals surface area contributed by atoms with E-state index in [-0.39, 0.29) is 29.4 Å². The first kappa shape index (κ1) is 19.7. The SMILES string of the molecule is CCCC(OC(=O)/C(=C(\C(=O)O)C(C)C)C(C)C)C(C)C. The molecule has 0 amide bonds. The highest BCUT2D eigenvalue weighted by Gasteiger charge is 2.28.